The number of nitrogens with one attached hydrogen (secondary N) is 1. The molecule has 3 heteroatoms. The fourth-order valence-electron chi connectivity index (χ4n) is 5.35. The number of aliphatic imine (C=N–C) groups is 1. The SMILES string of the molecule is CC(C)c1cccc(C(C)C)c1N=C(CP(C(C)(C)C)C(C)(C)C)Nc1c(C(C)C)cccc1C(C)C. The minimum absolute atomic E-state index is 0.215. The van der Waals surface area contributed by atoms with Gasteiger partial charge in [0.15, 0.2) is 0 Å². The Morgan fingerprint density at radius 2 is 1.00 bits per heavy atom. The topological polar surface area (TPSA) is 24.4 Å². The van der Waals surface area contributed by atoms with Gasteiger partial charge >= 0.3 is 0 Å². The lowest BCUT2D eigenvalue weighted by atomic mass is 9.92. The van der Waals surface area contributed by atoms with Crippen molar-refractivity contribution < 1.29 is 0 Å². The van der Waals surface area contributed by atoms with Gasteiger partial charge in [-0.15, -0.1) is 0 Å². The van der Waals surface area contributed by atoms with Gasteiger partial charge in [0.2, 0.25) is 0 Å². The van der Waals surface area contributed by atoms with Gasteiger partial charge in [0.25, 0.3) is 0 Å². The van der Waals surface area contributed by atoms with Crippen molar-refractivity contribution in [3.63, 3.8) is 0 Å². The van der Waals surface area contributed by atoms with Crippen molar-refractivity contribution >= 4 is 25.1 Å². The third-order valence-electron chi connectivity index (χ3n) is 7.16. The summed E-state index contributed by atoms with van der Waals surface area (Å²) < 4.78 is 0. The van der Waals surface area contributed by atoms with Gasteiger partial charge in [-0.1, -0.05) is 141 Å². The molecule has 2 rings (SSSR count). The number of benzene rings is 2. The maximum absolute atomic E-state index is 5.59. The number of rotatable bonds is 8. The second-order valence-electron chi connectivity index (χ2n) is 13.8. The average molecular weight is 523 g/mol. The van der Waals surface area contributed by atoms with Crippen molar-refractivity contribution in [1.82, 2.24) is 0 Å². The fourth-order valence-corrected chi connectivity index (χ4v) is 8.76. The van der Waals surface area contributed by atoms with Gasteiger partial charge in [-0.25, -0.2) is 4.99 Å². The largest absolute Gasteiger partial charge is 0.343 e. The van der Waals surface area contributed by atoms with E-state index in [0.29, 0.717) is 23.7 Å². The number of para-hydroxylation sites is 2. The quantitative estimate of drug-likeness (QED) is 0.208. The summed E-state index contributed by atoms with van der Waals surface area (Å²) >= 11 is 0. The van der Waals surface area contributed by atoms with Crippen molar-refractivity contribution in [2.24, 2.45) is 4.99 Å². The summed E-state index contributed by atoms with van der Waals surface area (Å²) in [6.45, 7) is 32.8. The molecule has 0 saturated heterocycles. The first-order valence-electron chi connectivity index (χ1n) is 14.3. The molecule has 0 radical (unpaired) electrons. The van der Waals surface area contributed by atoms with Crippen LogP contribution >= 0.6 is 7.92 Å². The molecule has 0 aromatic heterocycles. The lowest BCUT2D eigenvalue weighted by Crippen LogP contribution is -2.31. The average Bonchev–Trinajstić information content (AvgIpc) is 2.75. The van der Waals surface area contributed by atoms with Crippen LogP contribution in [0.5, 0.6) is 0 Å². The highest BCUT2D eigenvalue weighted by Gasteiger charge is 2.35. The van der Waals surface area contributed by atoms with Crippen LogP contribution in [0.25, 0.3) is 0 Å². The lowest BCUT2D eigenvalue weighted by Gasteiger charge is -2.42. The molecule has 2 nitrogen and oxygen atoms in total. The van der Waals surface area contributed by atoms with Gasteiger partial charge in [-0.05, 0) is 56.2 Å². The molecule has 2 aromatic rings. The molecule has 2 aromatic carbocycles. The molecule has 0 amide bonds. The van der Waals surface area contributed by atoms with Gasteiger partial charge in [0, 0.05) is 11.8 Å². The maximum atomic E-state index is 5.59. The highest BCUT2D eigenvalue weighted by atomic mass is 31.1. The number of anilines is 1. The normalized spacial score (nSPS) is 13.5. The van der Waals surface area contributed by atoms with Crippen molar-refractivity contribution in [1.29, 1.82) is 0 Å². The standard InChI is InChI=1S/C34H55N2P/c1-22(2)26-17-15-18-27(23(3)4)31(26)35-30(21-37(33(9,10)11)34(12,13)14)36-32-28(24(5)6)19-16-20-29(32)25(7)8/h15-20,22-25H,21H2,1-14H3,(H,35,36). The summed E-state index contributed by atoms with van der Waals surface area (Å²) in [5.41, 5.74) is 7.84. The van der Waals surface area contributed by atoms with Gasteiger partial charge in [0.05, 0.1) is 5.69 Å². The van der Waals surface area contributed by atoms with Gasteiger partial charge in [0.1, 0.15) is 5.84 Å². The van der Waals surface area contributed by atoms with E-state index >= 15 is 0 Å². The van der Waals surface area contributed by atoms with E-state index in [1.165, 1.54) is 33.6 Å². The van der Waals surface area contributed by atoms with E-state index < -0.39 is 0 Å². The van der Waals surface area contributed by atoms with Gasteiger partial charge in [-0.2, -0.15) is 0 Å². The molecule has 206 valence electrons. The van der Waals surface area contributed by atoms with Crippen LogP contribution in [0.1, 0.15) is 143 Å². The summed E-state index contributed by atoms with van der Waals surface area (Å²) in [4.78, 5) is 5.59. The zero-order chi connectivity index (χ0) is 28.3. The van der Waals surface area contributed by atoms with E-state index in [1.807, 2.05) is 0 Å². The molecular weight excluding hydrogens is 467 g/mol. The lowest BCUT2D eigenvalue weighted by molar-refractivity contribution is 0.708. The molecule has 0 saturated carbocycles. The first-order valence-corrected chi connectivity index (χ1v) is 15.9. The molecule has 0 aliphatic rings. The number of hydrogen-bond acceptors (Lipinski definition) is 1. The van der Waals surface area contributed by atoms with Crippen LogP contribution in [0.3, 0.4) is 0 Å². The number of amidine groups is 1. The molecule has 0 fully saturated rings. The number of hydrogen-bond donors (Lipinski definition) is 1. The van der Waals surface area contributed by atoms with Crippen molar-refractivity contribution in [2.75, 3.05) is 11.5 Å². The molecule has 0 aliphatic carbocycles. The zero-order valence-electron chi connectivity index (χ0n) is 26.4. The second-order valence-corrected chi connectivity index (χ2v) is 17.7. The van der Waals surface area contributed by atoms with E-state index in [0.717, 1.165) is 12.0 Å². The Bertz CT molecular complexity index is 996. The van der Waals surface area contributed by atoms with E-state index in [4.69, 9.17) is 4.99 Å². The van der Waals surface area contributed by atoms with E-state index in [1.54, 1.807) is 0 Å². The molecule has 0 heterocycles. The highest BCUT2D eigenvalue weighted by Crippen LogP contribution is 2.59. The summed E-state index contributed by atoms with van der Waals surface area (Å²) in [5.74, 6) is 2.81. The molecule has 0 atom stereocenters. The molecule has 37 heavy (non-hydrogen) atoms. The van der Waals surface area contributed by atoms with Crippen LogP contribution in [-0.2, 0) is 0 Å². The van der Waals surface area contributed by atoms with Gasteiger partial charge < -0.3 is 5.32 Å². The first-order chi connectivity index (χ1) is 16.9. The molecular formula is C34H55N2P. The smallest absolute Gasteiger partial charge is 0.111 e. The highest BCUT2D eigenvalue weighted by molar-refractivity contribution is 7.61. The first kappa shape index (κ1) is 31.6. The molecule has 0 aliphatic heterocycles. The van der Waals surface area contributed by atoms with Gasteiger partial charge in [-0.3, -0.25) is 0 Å². The van der Waals surface area contributed by atoms with Crippen LogP contribution in [0.2, 0.25) is 0 Å². The Hall–Kier alpha value is -1.66. The van der Waals surface area contributed by atoms with Crippen LogP contribution in [0, 0.1) is 0 Å². The fraction of sp³-hybridized carbons (Fsp3) is 0.618. The van der Waals surface area contributed by atoms with Crippen LogP contribution in [-0.4, -0.2) is 22.3 Å². The third-order valence-corrected chi connectivity index (χ3v) is 11.0. The Morgan fingerprint density at radius 1 is 0.649 bits per heavy atom. The van der Waals surface area contributed by atoms with Crippen molar-refractivity contribution in [3.05, 3.63) is 58.7 Å². The van der Waals surface area contributed by atoms with Crippen LogP contribution in [0.4, 0.5) is 11.4 Å². The zero-order valence-corrected chi connectivity index (χ0v) is 27.3. The molecule has 0 unspecified atom stereocenters. The Labute approximate surface area is 230 Å². The molecule has 0 spiro atoms. The summed E-state index contributed by atoms with van der Waals surface area (Å²) in [5, 5.41) is 4.43. The Balaban J connectivity index is 2.86. The van der Waals surface area contributed by atoms with Crippen molar-refractivity contribution in [3.8, 4) is 0 Å². The van der Waals surface area contributed by atoms with E-state index in [9.17, 15) is 0 Å². The predicted molar refractivity (Wildman–Crippen MR) is 171 cm³/mol. The van der Waals surface area contributed by atoms with Crippen molar-refractivity contribution in [2.45, 2.75) is 131 Å². The molecule has 1 N–H and O–H groups in total. The summed E-state index contributed by atoms with van der Waals surface area (Å²) in [7, 11) is -0.368. The summed E-state index contributed by atoms with van der Waals surface area (Å²) in [6.07, 6.45) is 0.969. The van der Waals surface area contributed by atoms with E-state index in [-0.39, 0.29) is 18.2 Å². The maximum Gasteiger partial charge on any atom is 0.111 e. The minimum atomic E-state index is -0.368. The van der Waals surface area contributed by atoms with Crippen LogP contribution in [0.15, 0.2) is 41.4 Å². The van der Waals surface area contributed by atoms with Crippen LogP contribution < -0.4 is 5.32 Å². The Kier molecular flexibility index (Phi) is 10.6. The minimum Gasteiger partial charge on any atom is -0.343 e. The molecule has 0 bridgehead atoms. The Morgan fingerprint density at radius 3 is 1.32 bits per heavy atom. The second kappa shape index (κ2) is 12.5. The number of nitrogens with zero attached hydrogens (tertiary/aromatic N) is 1. The van der Waals surface area contributed by atoms with E-state index in [2.05, 4.69) is 139 Å². The third kappa shape index (κ3) is 8.16. The predicted octanol–water partition coefficient (Wildman–Crippen LogP) is 11.4. The summed E-state index contributed by atoms with van der Waals surface area (Å²) in [6, 6.07) is 13.5. The monoisotopic (exact) mass is 522 g/mol.